The molecule has 88 valence electrons. The van der Waals surface area contributed by atoms with Crippen LogP contribution in [-0.2, 0) is 11.2 Å². The average molecular weight is 316 g/mol. The van der Waals surface area contributed by atoms with Gasteiger partial charge in [0.15, 0.2) is 0 Å². The molecule has 0 aliphatic heterocycles. The molecule has 0 saturated heterocycles. The minimum atomic E-state index is -0.944. The fourth-order valence-corrected chi connectivity index (χ4v) is 2.49. The molecule has 0 amide bonds. The lowest BCUT2D eigenvalue weighted by molar-refractivity contribution is -0.136. The lowest BCUT2D eigenvalue weighted by atomic mass is 10.1. The number of nitrogens with zero attached hydrogens (tertiary/aromatic N) is 1. The first-order valence-corrected chi connectivity index (χ1v) is 6.35. The summed E-state index contributed by atoms with van der Waals surface area (Å²) in [6.07, 6.45) is -0.139. The highest BCUT2D eigenvalue weighted by Gasteiger charge is 2.11. The van der Waals surface area contributed by atoms with E-state index in [2.05, 4.69) is 20.9 Å². The van der Waals surface area contributed by atoms with Crippen LogP contribution in [0, 0.1) is 5.82 Å². The molecular formula is C11H7BrFNO2S. The summed E-state index contributed by atoms with van der Waals surface area (Å²) in [6.45, 7) is 0. The van der Waals surface area contributed by atoms with Gasteiger partial charge in [-0.05, 0) is 18.2 Å². The number of carboxylic acids is 1. The molecular weight excluding hydrogens is 309 g/mol. The van der Waals surface area contributed by atoms with Crippen molar-refractivity contribution in [1.29, 1.82) is 0 Å². The molecule has 1 heterocycles. The average Bonchev–Trinajstić information content (AvgIpc) is 2.69. The first kappa shape index (κ1) is 12.2. The van der Waals surface area contributed by atoms with Crippen molar-refractivity contribution < 1.29 is 14.3 Å². The largest absolute Gasteiger partial charge is 0.481 e. The van der Waals surface area contributed by atoms with Gasteiger partial charge in [0.1, 0.15) is 10.8 Å². The van der Waals surface area contributed by atoms with Crippen LogP contribution in [0.5, 0.6) is 0 Å². The Kier molecular flexibility index (Phi) is 3.54. The molecule has 0 bridgehead atoms. The lowest BCUT2D eigenvalue weighted by Crippen LogP contribution is -1.99. The van der Waals surface area contributed by atoms with Gasteiger partial charge in [-0.25, -0.2) is 9.37 Å². The van der Waals surface area contributed by atoms with Crippen LogP contribution in [0.4, 0.5) is 4.39 Å². The highest BCUT2D eigenvalue weighted by atomic mass is 79.9. The summed E-state index contributed by atoms with van der Waals surface area (Å²) in [5.41, 5.74) is 0.831. The molecule has 0 spiro atoms. The van der Waals surface area contributed by atoms with E-state index in [0.717, 1.165) is 4.47 Å². The molecule has 1 aromatic carbocycles. The van der Waals surface area contributed by atoms with Crippen molar-refractivity contribution in [2.45, 2.75) is 6.42 Å². The number of benzene rings is 1. The number of halogens is 2. The molecule has 0 unspecified atom stereocenters. The van der Waals surface area contributed by atoms with Crippen molar-refractivity contribution >= 4 is 33.2 Å². The van der Waals surface area contributed by atoms with Crippen molar-refractivity contribution in [3.05, 3.63) is 38.9 Å². The van der Waals surface area contributed by atoms with Gasteiger partial charge < -0.3 is 5.11 Å². The van der Waals surface area contributed by atoms with Gasteiger partial charge in [0, 0.05) is 15.4 Å². The van der Waals surface area contributed by atoms with Crippen LogP contribution in [0.15, 0.2) is 28.1 Å². The second-order valence-electron chi connectivity index (χ2n) is 3.32. The number of hydrogen-bond donors (Lipinski definition) is 1. The molecule has 0 fully saturated rings. The van der Waals surface area contributed by atoms with Gasteiger partial charge in [-0.3, -0.25) is 4.79 Å². The van der Waals surface area contributed by atoms with Gasteiger partial charge in [-0.2, -0.15) is 0 Å². The molecule has 1 N–H and O–H groups in total. The quantitative estimate of drug-likeness (QED) is 0.945. The first-order chi connectivity index (χ1) is 8.06. The highest BCUT2D eigenvalue weighted by molar-refractivity contribution is 9.10. The molecule has 0 aliphatic rings. The van der Waals surface area contributed by atoms with Gasteiger partial charge in [-0.1, -0.05) is 15.9 Å². The van der Waals surface area contributed by atoms with Gasteiger partial charge in [0.25, 0.3) is 0 Å². The van der Waals surface area contributed by atoms with Crippen LogP contribution in [0.3, 0.4) is 0 Å². The number of carboxylic acid groups (broad SMARTS) is 1. The maximum atomic E-state index is 13.6. The summed E-state index contributed by atoms with van der Waals surface area (Å²) in [5, 5.41) is 10.8. The van der Waals surface area contributed by atoms with Crippen LogP contribution in [0.2, 0.25) is 0 Å². The van der Waals surface area contributed by atoms with Crippen molar-refractivity contribution in [2.75, 3.05) is 0 Å². The minimum Gasteiger partial charge on any atom is -0.481 e. The first-order valence-electron chi connectivity index (χ1n) is 4.68. The van der Waals surface area contributed by atoms with Crippen LogP contribution in [-0.4, -0.2) is 16.1 Å². The highest BCUT2D eigenvalue weighted by Crippen LogP contribution is 2.27. The standard InChI is InChI=1S/C11H7BrFNO2S/c12-6-1-2-8(13)7(3-6)9-5-17-10(14-9)4-11(15)16/h1-3,5H,4H2,(H,15,16). The minimum absolute atomic E-state index is 0.139. The van der Waals surface area contributed by atoms with Crippen LogP contribution >= 0.6 is 27.3 Å². The third kappa shape index (κ3) is 2.89. The van der Waals surface area contributed by atoms with Crippen molar-refractivity contribution in [1.82, 2.24) is 4.98 Å². The Labute approximate surface area is 109 Å². The number of thiazole rings is 1. The van der Waals surface area contributed by atoms with Gasteiger partial charge in [0.2, 0.25) is 0 Å². The zero-order valence-corrected chi connectivity index (χ0v) is 10.9. The second kappa shape index (κ2) is 4.93. The third-order valence-electron chi connectivity index (χ3n) is 2.06. The van der Waals surface area contributed by atoms with E-state index >= 15 is 0 Å². The third-order valence-corrected chi connectivity index (χ3v) is 3.40. The summed E-state index contributed by atoms with van der Waals surface area (Å²) in [6, 6.07) is 4.56. The van der Waals surface area contributed by atoms with E-state index in [9.17, 15) is 9.18 Å². The Morgan fingerprint density at radius 2 is 2.29 bits per heavy atom. The number of rotatable bonds is 3. The Morgan fingerprint density at radius 1 is 1.53 bits per heavy atom. The SMILES string of the molecule is O=C(O)Cc1nc(-c2cc(Br)ccc2F)cs1. The summed E-state index contributed by atoms with van der Waals surface area (Å²) < 4.78 is 14.3. The molecule has 0 aliphatic carbocycles. The number of carbonyl (C=O) groups is 1. The molecule has 17 heavy (non-hydrogen) atoms. The van der Waals surface area contributed by atoms with Crippen LogP contribution < -0.4 is 0 Å². The molecule has 0 radical (unpaired) electrons. The Morgan fingerprint density at radius 3 is 3.00 bits per heavy atom. The predicted molar refractivity (Wildman–Crippen MR) is 66.5 cm³/mol. The molecule has 2 aromatic rings. The van der Waals surface area contributed by atoms with Crippen LogP contribution in [0.25, 0.3) is 11.3 Å². The van der Waals surface area contributed by atoms with Crippen molar-refractivity contribution in [2.24, 2.45) is 0 Å². The van der Waals surface area contributed by atoms with Crippen molar-refractivity contribution in [3.63, 3.8) is 0 Å². The number of aromatic nitrogens is 1. The normalized spacial score (nSPS) is 10.5. The topological polar surface area (TPSA) is 50.2 Å². The smallest absolute Gasteiger partial charge is 0.310 e. The molecule has 0 saturated carbocycles. The molecule has 0 atom stereocenters. The molecule has 2 rings (SSSR count). The van der Waals surface area contributed by atoms with E-state index in [1.54, 1.807) is 17.5 Å². The summed E-state index contributed by atoms with van der Waals surface area (Å²) >= 11 is 4.47. The van der Waals surface area contributed by atoms with Crippen LogP contribution in [0.1, 0.15) is 5.01 Å². The molecule has 3 nitrogen and oxygen atoms in total. The lowest BCUT2D eigenvalue weighted by Gasteiger charge is -1.99. The van der Waals surface area contributed by atoms with E-state index in [1.807, 2.05) is 0 Å². The van der Waals surface area contributed by atoms with Crippen molar-refractivity contribution in [3.8, 4) is 11.3 Å². The Hall–Kier alpha value is -1.27. The summed E-state index contributed by atoms with van der Waals surface area (Å²) in [7, 11) is 0. The summed E-state index contributed by atoms with van der Waals surface area (Å²) in [4.78, 5) is 14.6. The number of hydrogen-bond acceptors (Lipinski definition) is 3. The monoisotopic (exact) mass is 315 g/mol. The Bertz CT molecular complexity index is 570. The Balaban J connectivity index is 2.36. The van der Waals surface area contributed by atoms with E-state index in [4.69, 9.17) is 5.11 Å². The van der Waals surface area contributed by atoms with E-state index in [1.165, 1.54) is 17.4 Å². The fourth-order valence-electron chi connectivity index (χ4n) is 1.34. The second-order valence-corrected chi connectivity index (χ2v) is 5.18. The van der Waals surface area contributed by atoms with Gasteiger partial charge >= 0.3 is 5.97 Å². The van der Waals surface area contributed by atoms with E-state index in [-0.39, 0.29) is 12.2 Å². The molecule has 6 heteroatoms. The molecule has 1 aromatic heterocycles. The zero-order valence-electron chi connectivity index (χ0n) is 8.48. The van der Waals surface area contributed by atoms with E-state index < -0.39 is 5.97 Å². The van der Waals surface area contributed by atoms with E-state index in [0.29, 0.717) is 16.3 Å². The zero-order chi connectivity index (χ0) is 12.4. The maximum Gasteiger partial charge on any atom is 0.310 e. The maximum absolute atomic E-state index is 13.6. The predicted octanol–water partition coefficient (Wildman–Crippen LogP) is 3.34. The van der Waals surface area contributed by atoms with Gasteiger partial charge in [-0.15, -0.1) is 11.3 Å². The fraction of sp³-hybridized carbons (Fsp3) is 0.0909. The van der Waals surface area contributed by atoms with Gasteiger partial charge in [0.05, 0.1) is 12.1 Å². The number of aliphatic carboxylic acids is 1. The summed E-state index contributed by atoms with van der Waals surface area (Å²) in [5.74, 6) is -1.32.